The Morgan fingerprint density at radius 2 is 1.97 bits per heavy atom. The molecule has 0 saturated carbocycles. The van der Waals surface area contributed by atoms with Crippen molar-refractivity contribution in [3.8, 4) is 11.1 Å². The van der Waals surface area contributed by atoms with Gasteiger partial charge in [0.15, 0.2) is 0 Å². The highest BCUT2D eigenvalue weighted by atomic mass is 32.2. The monoisotopic (exact) mass is 487 g/mol. The highest BCUT2D eigenvalue weighted by Gasteiger charge is 2.23. The largest absolute Gasteiger partial charge is 0.300 e. The molecule has 0 aliphatic carbocycles. The molecule has 4 aromatic rings. The Morgan fingerprint density at radius 3 is 2.69 bits per heavy atom. The Kier molecular flexibility index (Phi) is 7.12. The third kappa shape index (κ3) is 5.13. The fourth-order valence-corrected chi connectivity index (χ4v) is 6.13. The number of hydrogen-bond acceptors (Lipinski definition) is 8. The van der Waals surface area contributed by atoms with Crippen LogP contribution < -0.4 is 5.32 Å². The first-order chi connectivity index (χ1) is 15.4. The van der Waals surface area contributed by atoms with E-state index in [1.165, 1.54) is 52.9 Å². The summed E-state index contributed by atoms with van der Waals surface area (Å²) in [5, 5.41) is 15.9. The third-order valence-electron chi connectivity index (χ3n) is 4.69. The molecule has 1 unspecified atom stereocenters. The van der Waals surface area contributed by atoms with E-state index in [2.05, 4.69) is 39.3 Å². The molecule has 1 atom stereocenters. The quantitative estimate of drug-likeness (QED) is 0.240. The summed E-state index contributed by atoms with van der Waals surface area (Å²) >= 11 is 4.32. The molecule has 4 rings (SSSR count). The van der Waals surface area contributed by atoms with Crippen LogP contribution in [0.15, 0.2) is 41.0 Å². The van der Waals surface area contributed by atoms with E-state index in [0.29, 0.717) is 17.5 Å². The Balaban J connectivity index is 1.57. The number of nitrogens with zero attached hydrogens (tertiary/aromatic N) is 4. The van der Waals surface area contributed by atoms with Gasteiger partial charge in [0.25, 0.3) is 0 Å². The van der Waals surface area contributed by atoms with Crippen LogP contribution in [0, 0.1) is 11.7 Å². The summed E-state index contributed by atoms with van der Waals surface area (Å²) in [6.07, 6.45) is 2.97. The number of thiophene rings is 1. The normalized spacial score (nSPS) is 12.4. The zero-order valence-corrected chi connectivity index (χ0v) is 20.3. The highest BCUT2D eigenvalue weighted by molar-refractivity contribution is 8.00. The van der Waals surface area contributed by atoms with Crippen molar-refractivity contribution in [3.05, 3.63) is 46.8 Å². The second-order valence-corrected chi connectivity index (χ2v) is 10.7. The summed E-state index contributed by atoms with van der Waals surface area (Å²) in [5.74, 6) is 0.0664. The Bertz CT molecular complexity index is 1220. The van der Waals surface area contributed by atoms with Gasteiger partial charge >= 0.3 is 0 Å². The first-order valence-corrected chi connectivity index (χ1v) is 12.8. The molecule has 1 amide bonds. The molecule has 1 aromatic carbocycles. The van der Waals surface area contributed by atoms with E-state index in [0.717, 1.165) is 37.8 Å². The number of carbonyl (C=O) groups excluding carboxylic acids is 1. The minimum absolute atomic E-state index is 0.130. The van der Waals surface area contributed by atoms with Crippen molar-refractivity contribution >= 4 is 55.7 Å². The lowest BCUT2D eigenvalue weighted by Crippen LogP contribution is -2.24. The Hall–Kier alpha value is -2.43. The first kappa shape index (κ1) is 22.8. The van der Waals surface area contributed by atoms with Crippen LogP contribution in [0.1, 0.15) is 32.2 Å². The van der Waals surface area contributed by atoms with Gasteiger partial charge in [-0.1, -0.05) is 56.0 Å². The molecule has 166 valence electrons. The Labute approximate surface area is 197 Å². The number of hydrogen-bond donors (Lipinski definition) is 1. The molecule has 3 heterocycles. The number of halogens is 1. The van der Waals surface area contributed by atoms with Crippen LogP contribution in [0.25, 0.3) is 21.3 Å². The van der Waals surface area contributed by atoms with E-state index in [9.17, 15) is 9.18 Å². The van der Waals surface area contributed by atoms with Gasteiger partial charge in [-0.15, -0.1) is 21.5 Å². The molecule has 6 nitrogen and oxygen atoms in total. The third-order valence-corrected chi connectivity index (χ3v) is 7.80. The van der Waals surface area contributed by atoms with Crippen LogP contribution in [0.5, 0.6) is 0 Å². The van der Waals surface area contributed by atoms with Crippen molar-refractivity contribution in [1.29, 1.82) is 0 Å². The average molecular weight is 488 g/mol. The molecule has 0 bridgehead atoms. The van der Waals surface area contributed by atoms with Crippen molar-refractivity contribution in [2.75, 3.05) is 5.32 Å². The summed E-state index contributed by atoms with van der Waals surface area (Å²) in [4.78, 5) is 22.7. The maximum atomic E-state index is 13.4. The number of aromatic nitrogens is 4. The van der Waals surface area contributed by atoms with Gasteiger partial charge in [0.2, 0.25) is 11.0 Å². The van der Waals surface area contributed by atoms with Crippen LogP contribution in [-0.4, -0.2) is 31.3 Å². The minimum atomic E-state index is -0.355. The first-order valence-electron chi connectivity index (χ1n) is 10.2. The number of thioether (sulfide) groups is 1. The lowest BCUT2D eigenvalue weighted by molar-refractivity contribution is -0.115. The van der Waals surface area contributed by atoms with Gasteiger partial charge in [-0.3, -0.25) is 10.1 Å². The molecule has 0 aliphatic rings. The van der Waals surface area contributed by atoms with E-state index in [4.69, 9.17) is 0 Å². The van der Waals surface area contributed by atoms with E-state index in [-0.39, 0.29) is 17.0 Å². The second kappa shape index (κ2) is 10.0. The van der Waals surface area contributed by atoms with Crippen molar-refractivity contribution in [3.63, 3.8) is 0 Å². The molecule has 0 aliphatic heterocycles. The van der Waals surface area contributed by atoms with Gasteiger partial charge in [0, 0.05) is 17.4 Å². The van der Waals surface area contributed by atoms with Gasteiger partial charge < -0.3 is 0 Å². The molecule has 32 heavy (non-hydrogen) atoms. The average Bonchev–Trinajstić information content (AvgIpc) is 3.39. The van der Waals surface area contributed by atoms with E-state index in [1.807, 2.05) is 12.3 Å². The van der Waals surface area contributed by atoms with Crippen molar-refractivity contribution in [2.45, 2.75) is 43.9 Å². The SMILES string of the molecule is CCC(Sc1ncnc2scc(-c3ccc(F)cc3)c12)C(=O)Nc1nnc(CC(C)C)s1. The molecular formula is C22H22FN5OS3. The number of amides is 1. The fraction of sp³-hybridized carbons (Fsp3) is 0.318. The van der Waals surface area contributed by atoms with Gasteiger partial charge in [-0.25, -0.2) is 14.4 Å². The number of nitrogens with one attached hydrogen (secondary N) is 1. The molecule has 0 fully saturated rings. The standard InChI is InChI=1S/C22H22FN5OS3/c1-4-16(19(29)26-22-28-27-17(32-22)9-12(2)3)31-21-18-15(10-30-20(18)24-11-25-21)13-5-7-14(23)8-6-13/h5-8,10-12,16H,4,9H2,1-3H3,(H,26,28,29). The van der Waals surface area contributed by atoms with Crippen LogP contribution in [0.3, 0.4) is 0 Å². The highest BCUT2D eigenvalue weighted by Crippen LogP contribution is 2.39. The minimum Gasteiger partial charge on any atom is -0.300 e. The molecule has 10 heteroatoms. The van der Waals surface area contributed by atoms with Crippen molar-refractivity contribution < 1.29 is 9.18 Å². The summed E-state index contributed by atoms with van der Waals surface area (Å²) in [6.45, 7) is 6.21. The number of benzene rings is 1. The predicted molar refractivity (Wildman–Crippen MR) is 130 cm³/mol. The van der Waals surface area contributed by atoms with Crippen LogP contribution in [0.4, 0.5) is 9.52 Å². The van der Waals surface area contributed by atoms with E-state index in [1.54, 1.807) is 12.1 Å². The maximum Gasteiger partial charge on any atom is 0.239 e. The summed E-state index contributed by atoms with van der Waals surface area (Å²) in [5.41, 5.74) is 1.82. The van der Waals surface area contributed by atoms with Crippen LogP contribution in [-0.2, 0) is 11.2 Å². The summed E-state index contributed by atoms with van der Waals surface area (Å²) < 4.78 is 13.4. The topological polar surface area (TPSA) is 80.7 Å². The zero-order valence-electron chi connectivity index (χ0n) is 17.8. The predicted octanol–water partition coefficient (Wildman–Crippen LogP) is 6.06. The molecule has 1 N–H and O–H groups in total. The molecule has 0 spiro atoms. The summed E-state index contributed by atoms with van der Waals surface area (Å²) in [6, 6.07) is 6.36. The molecule has 0 saturated heterocycles. The van der Waals surface area contributed by atoms with E-state index >= 15 is 0 Å². The van der Waals surface area contributed by atoms with Crippen LogP contribution in [0.2, 0.25) is 0 Å². The molecular weight excluding hydrogens is 465 g/mol. The number of carbonyl (C=O) groups is 1. The zero-order chi connectivity index (χ0) is 22.7. The smallest absolute Gasteiger partial charge is 0.239 e. The number of anilines is 1. The lowest BCUT2D eigenvalue weighted by Gasteiger charge is -2.14. The van der Waals surface area contributed by atoms with Crippen molar-refractivity contribution in [2.24, 2.45) is 5.92 Å². The summed E-state index contributed by atoms with van der Waals surface area (Å²) in [7, 11) is 0. The Morgan fingerprint density at radius 1 is 1.19 bits per heavy atom. The number of fused-ring (bicyclic) bond motifs is 1. The second-order valence-electron chi connectivity index (χ2n) is 7.62. The van der Waals surface area contributed by atoms with Crippen LogP contribution >= 0.6 is 34.4 Å². The van der Waals surface area contributed by atoms with Gasteiger partial charge in [-0.05, 0) is 30.0 Å². The molecule has 3 aromatic heterocycles. The molecule has 0 radical (unpaired) electrons. The van der Waals surface area contributed by atoms with Gasteiger partial charge in [-0.2, -0.15) is 0 Å². The van der Waals surface area contributed by atoms with Crippen molar-refractivity contribution in [1.82, 2.24) is 20.2 Å². The number of rotatable bonds is 8. The fourth-order valence-electron chi connectivity index (χ4n) is 3.16. The lowest BCUT2D eigenvalue weighted by atomic mass is 10.1. The van der Waals surface area contributed by atoms with Gasteiger partial charge in [0.1, 0.15) is 27.0 Å². The van der Waals surface area contributed by atoms with Gasteiger partial charge in [0.05, 0.1) is 10.6 Å². The van der Waals surface area contributed by atoms with E-state index < -0.39 is 0 Å². The maximum absolute atomic E-state index is 13.4.